The Morgan fingerprint density at radius 1 is 0.718 bits per heavy atom. The highest BCUT2D eigenvalue weighted by Gasteiger charge is 2.13. The van der Waals surface area contributed by atoms with Crippen LogP contribution < -0.4 is 20.1 Å². The lowest BCUT2D eigenvalue weighted by atomic mass is 10.2. The van der Waals surface area contributed by atoms with Gasteiger partial charge in [-0.2, -0.15) is 0 Å². The number of likely N-dealkylation sites (tertiary alicyclic amines) is 2. The van der Waals surface area contributed by atoms with E-state index in [1.807, 2.05) is 70.7 Å². The maximum Gasteiger partial charge on any atom is 0.227 e. The average Bonchev–Trinajstić information content (AvgIpc) is 3.73. The van der Waals surface area contributed by atoms with E-state index in [4.69, 9.17) is 13.9 Å². The van der Waals surface area contributed by atoms with Gasteiger partial charge in [0.25, 0.3) is 0 Å². The molecule has 216 valence electrons. The van der Waals surface area contributed by atoms with Gasteiger partial charge >= 0.3 is 0 Å². The predicted octanol–water partition coefficient (Wildman–Crippen LogP) is 4.90. The molecule has 2 aromatic carbocycles. The third kappa shape index (κ3) is 10.8. The first kappa shape index (κ1) is 30.9. The van der Waals surface area contributed by atoms with E-state index >= 15 is 0 Å². The second kappa shape index (κ2) is 17.8. The van der Waals surface area contributed by atoms with Crippen molar-refractivity contribution < 1.29 is 13.9 Å². The summed E-state index contributed by atoms with van der Waals surface area (Å²) >= 11 is 0. The summed E-state index contributed by atoms with van der Waals surface area (Å²) in [6.07, 6.45) is 7.46. The molecule has 39 heavy (non-hydrogen) atoms. The standard InChI is InChI=1S/C27H35N3O3.2C2H7N/c1-2-14-29(13-1)17-5-19-31-23-9-7-22(8-10-23)27-28-25-12-11-24(21-26(25)33-27)32-20-6-18-30-15-3-4-16-30;2*1-3-2/h7-12,21H,1-6,13-20H2;2*3H,1-2H3. The zero-order valence-corrected chi connectivity index (χ0v) is 24.5. The van der Waals surface area contributed by atoms with Gasteiger partial charge in [-0.1, -0.05) is 0 Å². The molecule has 0 spiro atoms. The number of nitrogens with zero attached hydrogens (tertiary/aromatic N) is 3. The first-order chi connectivity index (χ1) is 19.2. The Morgan fingerprint density at radius 3 is 1.74 bits per heavy atom. The summed E-state index contributed by atoms with van der Waals surface area (Å²) in [5.74, 6) is 2.35. The van der Waals surface area contributed by atoms with E-state index in [1.165, 1.54) is 51.9 Å². The van der Waals surface area contributed by atoms with Gasteiger partial charge in [0.05, 0.1) is 13.2 Å². The summed E-state index contributed by atoms with van der Waals surface area (Å²) in [5.41, 5.74) is 2.55. The molecule has 2 saturated heterocycles. The van der Waals surface area contributed by atoms with E-state index < -0.39 is 0 Å². The van der Waals surface area contributed by atoms with Crippen LogP contribution in [0.3, 0.4) is 0 Å². The first-order valence-corrected chi connectivity index (χ1v) is 14.5. The summed E-state index contributed by atoms with van der Waals surface area (Å²) < 4.78 is 17.9. The molecule has 0 radical (unpaired) electrons. The number of hydrogen-bond acceptors (Lipinski definition) is 8. The minimum absolute atomic E-state index is 0.622. The quantitative estimate of drug-likeness (QED) is 0.334. The molecule has 0 aliphatic carbocycles. The molecule has 0 saturated carbocycles. The van der Waals surface area contributed by atoms with Crippen molar-refractivity contribution in [1.82, 2.24) is 25.4 Å². The Balaban J connectivity index is 0.000000643. The lowest BCUT2D eigenvalue weighted by Crippen LogP contribution is -2.21. The van der Waals surface area contributed by atoms with Gasteiger partial charge < -0.3 is 34.3 Å². The van der Waals surface area contributed by atoms with Crippen molar-refractivity contribution in [2.24, 2.45) is 0 Å². The van der Waals surface area contributed by atoms with Crippen molar-refractivity contribution in [2.45, 2.75) is 38.5 Å². The van der Waals surface area contributed by atoms with Gasteiger partial charge in [0.15, 0.2) is 5.58 Å². The Morgan fingerprint density at radius 2 is 1.21 bits per heavy atom. The lowest BCUT2D eigenvalue weighted by Gasteiger charge is -2.14. The van der Waals surface area contributed by atoms with Crippen LogP contribution in [0.25, 0.3) is 22.6 Å². The number of aromatic nitrogens is 1. The van der Waals surface area contributed by atoms with Crippen molar-refractivity contribution in [3.63, 3.8) is 0 Å². The van der Waals surface area contributed by atoms with Crippen LogP contribution in [0.5, 0.6) is 11.5 Å². The number of rotatable bonds is 11. The van der Waals surface area contributed by atoms with E-state index in [1.54, 1.807) is 0 Å². The maximum atomic E-state index is 6.03. The molecule has 5 rings (SSSR count). The van der Waals surface area contributed by atoms with Crippen molar-refractivity contribution in [2.75, 3.05) is 80.7 Å². The van der Waals surface area contributed by atoms with Gasteiger partial charge in [-0.05, 0) is 129 Å². The number of benzene rings is 2. The number of oxazole rings is 1. The van der Waals surface area contributed by atoms with Crippen molar-refractivity contribution >= 4 is 11.1 Å². The number of hydrogen-bond donors (Lipinski definition) is 2. The van der Waals surface area contributed by atoms with Crippen LogP contribution in [0.4, 0.5) is 0 Å². The summed E-state index contributed by atoms with van der Waals surface area (Å²) in [7, 11) is 7.50. The van der Waals surface area contributed by atoms with Gasteiger partial charge in [0, 0.05) is 24.7 Å². The normalized spacial score (nSPS) is 15.5. The summed E-state index contributed by atoms with van der Waals surface area (Å²) in [5, 5.41) is 5.50. The molecule has 2 aliphatic heterocycles. The Labute approximate surface area is 235 Å². The molecular weight excluding hydrogens is 490 g/mol. The van der Waals surface area contributed by atoms with Crippen LogP contribution in [0, 0.1) is 0 Å². The van der Waals surface area contributed by atoms with Gasteiger partial charge in [-0.25, -0.2) is 4.98 Å². The Kier molecular flexibility index (Phi) is 14.1. The van der Waals surface area contributed by atoms with Gasteiger partial charge in [0.2, 0.25) is 5.89 Å². The number of fused-ring (bicyclic) bond motifs is 1. The smallest absolute Gasteiger partial charge is 0.227 e. The first-order valence-electron chi connectivity index (χ1n) is 14.5. The van der Waals surface area contributed by atoms with E-state index in [0.717, 1.165) is 67.3 Å². The molecule has 2 aliphatic rings. The number of ether oxygens (including phenoxy) is 2. The molecule has 3 heterocycles. The number of nitrogens with one attached hydrogen (secondary N) is 2. The molecule has 3 aromatic rings. The molecule has 0 atom stereocenters. The van der Waals surface area contributed by atoms with Crippen LogP contribution in [0.2, 0.25) is 0 Å². The van der Waals surface area contributed by atoms with Crippen LogP contribution >= 0.6 is 0 Å². The molecule has 2 N–H and O–H groups in total. The molecule has 1 aromatic heterocycles. The van der Waals surface area contributed by atoms with Crippen LogP contribution in [-0.2, 0) is 0 Å². The fourth-order valence-corrected chi connectivity index (χ4v) is 4.78. The molecule has 0 amide bonds. The van der Waals surface area contributed by atoms with Gasteiger partial charge in [0.1, 0.15) is 17.0 Å². The van der Waals surface area contributed by atoms with E-state index in [9.17, 15) is 0 Å². The van der Waals surface area contributed by atoms with Crippen molar-refractivity contribution in [1.29, 1.82) is 0 Å². The molecule has 0 bridgehead atoms. The minimum atomic E-state index is 0.622. The van der Waals surface area contributed by atoms with E-state index in [2.05, 4.69) is 25.4 Å². The lowest BCUT2D eigenvalue weighted by molar-refractivity contribution is 0.263. The zero-order valence-electron chi connectivity index (χ0n) is 24.5. The maximum absolute atomic E-state index is 6.03. The van der Waals surface area contributed by atoms with Crippen LogP contribution in [-0.4, -0.2) is 95.5 Å². The second-order valence-corrected chi connectivity index (χ2v) is 10.2. The molecule has 0 unspecified atom stereocenters. The monoisotopic (exact) mass is 539 g/mol. The van der Waals surface area contributed by atoms with E-state index in [-0.39, 0.29) is 0 Å². The SMILES string of the molecule is CNC.CNC.c1cc(-c2nc3ccc(OCCCN4CCCC4)cc3o2)ccc1OCCCN1CCCC1. The van der Waals surface area contributed by atoms with E-state index in [0.29, 0.717) is 5.89 Å². The zero-order chi connectivity index (χ0) is 27.7. The fourth-order valence-electron chi connectivity index (χ4n) is 4.78. The highest BCUT2D eigenvalue weighted by atomic mass is 16.5. The summed E-state index contributed by atoms with van der Waals surface area (Å²) in [6.45, 7) is 8.68. The Hall–Kier alpha value is -2.65. The van der Waals surface area contributed by atoms with Crippen LogP contribution in [0.15, 0.2) is 46.9 Å². The summed E-state index contributed by atoms with van der Waals surface area (Å²) in [4.78, 5) is 9.68. The summed E-state index contributed by atoms with van der Waals surface area (Å²) in [6, 6.07) is 13.9. The largest absolute Gasteiger partial charge is 0.494 e. The molecular formula is C31H49N5O3. The molecule has 8 nitrogen and oxygen atoms in total. The van der Waals surface area contributed by atoms with Crippen LogP contribution in [0.1, 0.15) is 38.5 Å². The highest BCUT2D eigenvalue weighted by Crippen LogP contribution is 2.28. The van der Waals surface area contributed by atoms with Gasteiger partial charge in [-0.3, -0.25) is 0 Å². The third-order valence-electron chi connectivity index (χ3n) is 6.63. The molecule has 2 fully saturated rings. The average molecular weight is 540 g/mol. The van der Waals surface area contributed by atoms with Gasteiger partial charge in [-0.15, -0.1) is 0 Å². The molecule has 8 heteroatoms. The second-order valence-electron chi connectivity index (χ2n) is 10.2. The predicted molar refractivity (Wildman–Crippen MR) is 161 cm³/mol. The van der Waals surface area contributed by atoms with Crippen molar-refractivity contribution in [3.8, 4) is 23.0 Å². The Bertz CT molecular complexity index is 1040. The highest BCUT2D eigenvalue weighted by molar-refractivity contribution is 5.77. The minimum Gasteiger partial charge on any atom is -0.494 e. The third-order valence-corrected chi connectivity index (χ3v) is 6.63. The fraction of sp³-hybridized carbons (Fsp3) is 0.581. The topological polar surface area (TPSA) is 75.0 Å². The van der Waals surface area contributed by atoms with Crippen molar-refractivity contribution in [3.05, 3.63) is 42.5 Å².